The molecule has 1 aliphatic heterocycles. The molecule has 28 heavy (non-hydrogen) atoms. The van der Waals surface area contributed by atoms with E-state index in [4.69, 9.17) is 12.2 Å². The average molecular weight is 395 g/mol. The number of carbonyl (C=O) groups is 2. The first-order chi connectivity index (χ1) is 13.5. The quantitative estimate of drug-likeness (QED) is 0.464. The van der Waals surface area contributed by atoms with E-state index in [1.54, 1.807) is 12.1 Å². The molecule has 0 aromatic heterocycles. The first kappa shape index (κ1) is 19.7. The van der Waals surface area contributed by atoms with Gasteiger partial charge in [-0.1, -0.05) is 18.2 Å². The zero-order valence-electron chi connectivity index (χ0n) is 15.8. The summed E-state index contributed by atoms with van der Waals surface area (Å²) in [6.45, 7) is 6.05. The highest BCUT2D eigenvalue weighted by atomic mass is 32.1. The predicted molar refractivity (Wildman–Crippen MR) is 116 cm³/mol. The average Bonchev–Trinajstić information content (AvgIpc) is 2.70. The van der Waals surface area contributed by atoms with E-state index in [0.717, 1.165) is 18.8 Å². The summed E-state index contributed by atoms with van der Waals surface area (Å²) < 4.78 is 0. The summed E-state index contributed by atoms with van der Waals surface area (Å²) in [7, 11) is 0. The van der Waals surface area contributed by atoms with Gasteiger partial charge in [-0.2, -0.15) is 0 Å². The van der Waals surface area contributed by atoms with Gasteiger partial charge < -0.3 is 10.2 Å². The zero-order valence-corrected chi connectivity index (χ0v) is 16.6. The predicted octanol–water partition coefficient (Wildman–Crippen LogP) is 3.30. The van der Waals surface area contributed by atoms with E-state index < -0.39 is 17.7 Å². The van der Waals surface area contributed by atoms with Crippen molar-refractivity contribution in [2.75, 3.05) is 22.9 Å². The number of anilines is 2. The van der Waals surface area contributed by atoms with Gasteiger partial charge in [-0.25, -0.2) is 0 Å². The number of carbonyl (C=O) groups excluding carboxylic acids is 2. The molecule has 0 aliphatic carbocycles. The molecule has 2 aromatic rings. The van der Waals surface area contributed by atoms with Gasteiger partial charge in [0.1, 0.15) is 0 Å². The molecule has 1 aliphatic rings. The van der Waals surface area contributed by atoms with Crippen LogP contribution in [0.4, 0.5) is 17.1 Å². The summed E-state index contributed by atoms with van der Waals surface area (Å²) in [4.78, 5) is 33.1. The molecule has 3 rings (SSSR count). The minimum Gasteiger partial charge on any atom is -0.372 e. The number of nitrogens with zero attached hydrogens (tertiary/aromatic N) is 3. The van der Waals surface area contributed by atoms with Crippen LogP contribution in [-0.4, -0.2) is 36.2 Å². The smallest absolute Gasteiger partial charge is 0.251 e. The van der Waals surface area contributed by atoms with Gasteiger partial charge in [0.15, 0.2) is 11.0 Å². The highest BCUT2D eigenvalue weighted by molar-refractivity contribution is 7.80. The fraction of sp³-hybridized carbons (Fsp3) is 0.238. The Labute approximate surface area is 169 Å². The van der Waals surface area contributed by atoms with E-state index >= 15 is 0 Å². The van der Waals surface area contributed by atoms with Crippen molar-refractivity contribution in [3.05, 3.63) is 54.6 Å². The number of amides is 2. The van der Waals surface area contributed by atoms with Gasteiger partial charge in [0.05, 0.1) is 11.4 Å². The Hall–Kier alpha value is -3.06. The van der Waals surface area contributed by atoms with Crippen LogP contribution in [0.2, 0.25) is 0 Å². The SMILES string of the molecule is CCN(CC)c1ccc(N=C[C@@H]2C(=O)NC(=S)N(c3ccccc3)C2=O)cc1. The Morgan fingerprint density at radius 1 is 1.07 bits per heavy atom. The Kier molecular flexibility index (Phi) is 6.16. The van der Waals surface area contributed by atoms with Gasteiger partial charge >= 0.3 is 0 Å². The van der Waals surface area contributed by atoms with Crippen molar-refractivity contribution in [1.82, 2.24) is 5.32 Å². The lowest BCUT2D eigenvalue weighted by Gasteiger charge is -2.30. The van der Waals surface area contributed by atoms with Crippen LogP contribution in [-0.2, 0) is 9.59 Å². The van der Waals surface area contributed by atoms with E-state index in [9.17, 15) is 9.59 Å². The number of nitrogens with one attached hydrogen (secondary N) is 1. The van der Waals surface area contributed by atoms with Crippen molar-refractivity contribution in [2.24, 2.45) is 10.9 Å². The van der Waals surface area contributed by atoms with E-state index in [1.807, 2.05) is 42.5 Å². The second-order valence-corrected chi connectivity index (χ2v) is 6.63. The molecule has 7 heteroatoms. The Balaban J connectivity index is 1.79. The van der Waals surface area contributed by atoms with Gasteiger partial charge in [0.2, 0.25) is 5.91 Å². The normalized spacial score (nSPS) is 17.1. The summed E-state index contributed by atoms with van der Waals surface area (Å²) in [5, 5.41) is 2.66. The second kappa shape index (κ2) is 8.75. The first-order valence-electron chi connectivity index (χ1n) is 9.18. The molecule has 0 unspecified atom stereocenters. The third-order valence-corrected chi connectivity index (χ3v) is 4.85. The first-order valence-corrected chi connectivity index (χ1v) is 9.59. The third-order valence-electron chi connectivity index (χ3n) is 4.57. The molecule has 0 radical (unpaired) electrons. The lowest BCUT2D eigenvalue weighted by Crippen LogP contribution is -2.58. The highest BCUT2D eigenvalue weighted by Gasteiger charge is 2.38. The van der Waals surface area contributed by atoms with Gasteiger partial charge in [-0.15, -0.1) is 0 Å². The summed E-state index contributed by atoms with van der Waals surface area (Å²) >= 11 is 5.18. The number of aliphatic imine (C=N–C) groups is 1. The van der Waals surface area contributed by atoms with Crippen LogP contribution in [0, 0.1) is 5.92 Å². The van der Waals surface area contributed by atoms with Gasteiger partial charge in [-0.3, -0.25) is 19.5 Å². The number of hydrogen-bond donors (Lipinski definition) is 1. The molecule has 6 nitrogen and oxygen atoms in total. The van der Waals surface area contributed by atoms with Crippen LogP contribution in [0.3, 0.4) is 0 Å². The third kappa shape index (κ3) is 4.09. The lowest BCUT2D eigenvalue weighted by molar-refractivity contribution is -0.130. The topological polar surface area (TPSA) is 65.0 Å². The molecule has 144 valence electrons. The molecule has 0 saturated carbocycles. The molecule has 2 aromatic carbocycles. The molecule has 1 heterocycles. The second-order valence-electron chi connectivity index (χ2n) is 6.25. The minimum atomic E-state index is -1.03. The van der Waals surface area contributed by atoms with Crippen LogP contribution in [0.25, 0.3) is 0 Å². The number of hydrogen-bond acceptors (Lipinski definition) is 5. The summed E-state index contributed by atoms with van der Waals surface area (Å²) in [6.07, 6.45) is 1.38. The maximum atomic E-state index is 12.9. The van der Waals surface area contributed by atoms with Crippen molar-refractivity contribution in [3.63, 3.8) is 0 Å². The van der Waals surface area contributed by atoms with Crippen molar-refractivity contribution in [3.8, 4) is 0 Å². The molecule has 2 amide bonds. The van der Waals surface area contributed by atoms with Crippen LogP contribution >= 0.6 is 12.2 Å². The summed E-state index contributed by atoms with van der Waals surface area (Å²) in [5.74, 6) is -1.91. The summed E-state index contributed by atoms with van der Waals surface area (Å²) in [5.41, 5.74) is 2.39. The van der Waals surface area contributed by atoms with E-state index in [-0.39, 0.29) is 5.11 Å². The van der Waals surface area contributed by atoms with Crippen molar-refractivity contribution in [1.29, 1.82) is 0 Å². The lowest BCUT2D eigenvalue weighted by atomic mass is 10.1. The van der Waals surface area contributed by atoms with Crippen molar-refractivity contribution >= 4 is 52.4 Å². The Morgan fingerprint density at radius 3 is 2.32 bits per heavy atom. The van der Waals surface area contributed by atoms with Crippen LogP contribution in [0.15, 0.2) is 59.6 Å². The maximum Gasteiger partial charge on any atom is 0.251 e. The van der Waals surface area contributed by atoms with Crippen molar-refractivity contribution < 1.29 is 9.59 Å². The van der Waals surface area contributed by atoms with Gasteiger partial charge in [-0.05, 0) is 62.5 Å². The number of rotatable bonds is 6. The Morgan fingerprint density at radius 2 is 1.71 bits per heavy atom. The molecule has 1 saturated heterocycles. The molecular formula is C21H22N4O2S. The van der Waals surface area contributed by atoms with Gasteiger partial charge in [0.25, 0.3) is 5.91 Å². The largest absolute Gasteiger partial charge is 0.372 e. The molecule has 1 fully saturated rings. The molecule has 1 N–H and O–H groups in total. The van der Waals surface area contributed by atoms with Crippen LogP contribution < -0.4 is 15.1 Å². The minimum absolute atomic E-state index is 0.0782. The fourth-order valence-corrected chi connectivity index (χ4v) is 3.34. The van der Waals surface area contributed by atoms with E-state index in [1.165, 1.54) is 11.1 Å². The molecule has 0 bridgehead atoms. The fourth-order valence-electron chi connectivity index (χ4n) is 3.04. The highest BCUT2D eigenvalue weighted by Crippen LogP contribution is 2.22. The Bertz CT molecular complexity index is 892. The van der Waals surface area contributed by atoms with E-state index in [2.05, 4.69) is 29.1 Å². The summed E-state index contributed by atoms with van der Waals surface area (Å²) in [6, 6.07) is 16.7. The van der Waals surface area contributed by atoms with Crippen LogP contribution in [0.1, 0.15) is 13.8 Å². The van der Waals surface area contributed by atoms with Crippen LogP contribution in [0.5, 0.6) is 0 Å². The standard InChI is InChI=1S/C21H22N4O2S/c1-3-24(4-2)16-12-10-15(11-13-16)22-14-18-19(26)23-21(28)25(20(18)27)17-8-6-5-7-9-17/h5-14,18H,3-4H2,1-2H3,(H,23,26,28)/t18-/m1/s1. The zero-order chi connectivity index (χ0) is 20.1. The molecule has 0 spiro atoms. The van der Waals surface area contributed by atoms with Gasteiger partial charge in [0, 0.05) is 25.0 Å². The molecule has 1 atom stereocenters. The van der Waals surface area contributed by atoms with Crippen molar-refractivity contribution in [2.45, 2.75) is 13.8 Å². The van der Waals surface area contributed by atoms with E-state index in [0.29, 0.717) is 11.4 Å². The molecular weight excluding hydrogens is 372 g/mol. The maximum absolute atomic E-state index is 12.9. The number of para-hydroxylation sites is 1. The number of benzene rings is 2. The monoisotopic (exact) mass is 394 g/mol. The number of thiocarbonyl (C=S) groups is 1.